The molecule has 142 valence electrons. The Morgan fingerprint density at radius 2 is 1.68 bits per heavy atom. The minimum Gasteiger partial charge on any atom is -0.488 e. The van der Waals surface area contributed by atoms with Gasteiger partial charge in [0, 0.05) is 15.1 Å². The Bertz CT molecular complexity index is 957. The molecule has 0 aliphatic carbocycles. The summed E-state index contributed by atoms with van der Waals surface area (Å²) in [4.78, 5) is 12.0. The summed E-state index contributed by atoms with van der Waals surface area (Å²) in [6, 6.07) is 22.6. The van der Waals surface area contributed by atoms with Crippen LogP contribution in [-0.2, 0) is 17.8 Å². The number of nitrogens with zero attached hydrogens (tertiary/aromatic N) is 1. The Morgan fingerprint density at radius 1 is 1.00 bits per heavy atom. The number of hydrazone groups is 1. The number of para-hydroxylation sites is 1. The molecule has 0 aromatic heterocycles. The van der Waals surface area contributed by atoms with Crippen molar-refractivity contribution in [3.8, 4) is 5.75 Å². The monoisotopic (exact) mass is 456 g/mol. The van der Waals surface area contributed by atoms with Gasteiger partial charge in [-0.05, 0) is 47.5 Å². The zero-order valence-corrected chi connectivity index (χ0v) is 17.3. The molecule has 4 nitrogen and oxygen atoms in total. The first-order chi connectivity index (χ1) is 13.6. The molecule has 0 aliphatic rings. The van der Waals surface area contributed by atoms with Gasteiger partial charge in [0.05, 0.1) is 12.6 Å². The van der Waals surface area contributed by atoms with Gasteiger partial charge in [0.15, 0.2) is 0 Å². The van der Waals surface area contributed by atoms with Gasteiger partial charge in [0.1, 0.15) is 12.4 Å². The Kier molecular flexibility index (Phi) is 7.23. The summed E-state index contributed by atoms with van der Waals surface area (Å²) >= 11 is 9.27. The molecule has 0 aliphatic heterocycles. The van der Waals surface area contributed by atoms with Crippen molar-refractivity contribution in [3.05, 3.63) is 99.0 Å². The Hall–Kier alpha value is -2.63. The van der Waals surface area contributed by atoms with Gasteiger partial charge in [0.2, 0.25) is 5.91 Å². The van der Waals surface area contributed by atoms with Crippen molar-refractivity contribution in [2.45, 2.75) is 13.0 Å². The van der Waals surface area contributed by atoms with Crippen molar-refractivity contribution in [2.75, 3.05) is 0 Å². The fourth-order valence-electron chi connectivity index (χ4n) is 2.46. The standard InChI is InChI=1S/C22H18BrClN2O2/c23-19-9-5-17(6-10-19)15-28-21-4-2-1-3-18(21)14-25-26-22(27)13-16-7-11-20(24)12-8-16/h1-12,14H,13,15H2,(H,26,27)/b25-14+. The van der Waals surface area contributed by atoms with Gasteiger partial charge in [-0.25, -0.2) is 5.43 Å². The van der Waals surface area contributed by atoms with Gasteiger partial charge in [-0.2, -0.15) is 5.10 Å². The van der Waals surface area contributed by atoms with E-state index in [0.717, 1.165) is 21.2 Å². The summed E-state index contributed by atoms with van der Waals surface area (Å²) in [5.74, 6) is 0.493. The summed E-state index contributed by atoms with van der Waals surface area (Å²) < 4.78 is 6.92. The minimum atomic E-state index is -0.202. The third kappa shape index (κ3) is 6.22. The number of carbonyl (C=O) groups is 1. The van der Waals surface area contributed by atoms with E-state index in [4.69, 9.17) is 16.3 Å². The average molecular weight is 458 g/mol. The van der Waals surface area contributed by atoms with Gasteiger partial charge in [-0.1, -0.05) is 63.9 Å². The van der Waals surface area contributed by atoms with E-state index >= 15 is 0 Å². The van der Waals surface area contributed by atoms with E-state index in [2.05, 4.69) is 26.5 Å². The summed E-state index contributed by atoms with van der Waals surface area (Å²) in [5.41, 5.74) is 5.25. The maximum absolute atomic E-state index is 12.0. The maximum Gasteiger partial charge on any atom is 0.244 e. The third-order valence-electron chi connectivity index (χ3n) is 3.90. The molecule has 0 unspecified atom stereocenters. The van der Waals surface area contributed by atoms with E-state index < -0.39 is 0 Å². The third-order valence-corrected chi connectivity index (χ3v) is 4.68. The molecule has 3 aromatic rings. The lowest BCUT2D eigenvalue weighted by Crippen LogP contribution is -2.19. The second-order valence-corrected chi connectivity index (χ2v) is 7.40. The first kappa shape index (κ1) is 20.1. The summed E-state index contributed by atoms with van der Waals surface area (Å²) in [6.07, 6.45) is 1.81. The van der Waals surface area contributed by atoms with Crippen LogP contribution in [0.15, 0.2) is 82.4 Å². The first-order valence-electron chi connectivity index (χ1n) is 8.63. The highest BCUT2D eigenvalue weighted by Crippen LogP contribution is 2.18. The van der Waals surface area contributed by atoms with Crippen molar-refractivity contribution in [3.63, 3.8) is 0 Å². The Labute approximate surface area is 177 Å². The van der Waals surface area contributed by atoms with Gasteiger partial charge in [-0.3, -0.25) is 4.79 Å². The Morgan fingerprint density at radius 3 is 2.43 bits per heavy atom. The second kappa shape index (κ2) is 10.1. The number of ether oxygens (including phenoxy) is 1. The van der Waals surface area contributed by atoms with E-state index in [0.29, 0.717) is 17.4 Å². The molecule has 0 fully saturated rings. The number of carbonyl (C=O) groups excluding carboxylic acids is 1. The molecule has 1 N–H and O–H groups in total. The molecule has 0 heterocycles. The highest BCUT2D eigenvalue weighted by Gasteiger charge is 2.04. The van der Waals surface area contributed by atoms with Gasteiger partial charge < -0.3 is 4.74 Å². The minimum absolute atomic E-state index is 0.202. The topological polar surface area (TPSA) is 50.7 Å². The van der Waals surface area contributed by atoms with Crippen LogP contribution in [0.2, 0.25) is 5.02 Å². The molecule has 0 saturated heterocycles. The number of halogens is 2. The van der Waals surface area contributed by atoms with E-state index in [1.807, 2.05) is 60.7 Å². The number of hydrogen-bond acceptors (Lipinski definition) is 3. The predicted molar refractivity (Wildman–Crippen MR) is 116 cm³/mol. The fourth-order valence-corrected chi connectivity index (χ4v) is 2.85. The average Bonchev–Trinajstić information content (AvgIpc) is 2.70. The molecule has 0 saturated carbocycles. The number of amides is 1. The molecule has 3 rings (SSSR count). The van der Waals surface area contributed by atoms with Crippen molar-refractivity contribution in [1.29, 1.82) is 0 Å². The van der Waals surface area contributed by atoms with Crippen LogP contribution in [0, 0.1) is 0 Å². The Balaban J connectivity index is 1.56. The van der Waals surface area contributed by atoms with E-state index in [9.17, 15) is 4.79 Å². The molecule has 0 atom stereocenters. The second-order valence-electron chi connectivity index (χ2n) is 6.05. The fraction of sp³-hybridized carbons (Fsp3) is 0.0909. The van der Waals surface area contributed by atoms with Crippen LogP contribution in [0.4, 0.5) is 0 Å². The first-order valence-corrected chi connectivity index (χ1v) is 9.80. The zero-order chi connectivity index (χ0) is 19.8. The molecule has 0 bridgehead atoms. The molecule has 0 spiro atoms. The number of nitrogens with one attached hydrogen (secondary N) is 1. The van der Waals surface area contributed by atoms with E-state index in [-0.39, 0.29) is 12.3 Å². The molecule has 1 amide bonds. The SMILES string of the molecule is O=C(Cc1ccc(Cl)cc1)N/N=C/c1ccccc1OCc1ccc(Br)cc1. The summed E-state index contributed by atoms with van der Waals surface area (Å²) in [7, 11) is 0. The maximum atomic E-state index is 12.0. The lowest BCUT2D eigenvalue weighted by molar-refractivity contribution is -0.120. The van der Waals surface area contributed by atoms with E-state index in [1.165, 1.54) is 0 Å². The number of benzene rings is 3. The van der Waals surface area contributed by atoms with Gasteiger partial charge >= 0.3 is 0 Å². The van der Waals surface area contributed by atoms with Gasteiger partial charge in [0.25, 0.3) is 0 Å². The van der Waals surface area contributed by atoms with Crippen LogP contribution in [0.1, 0.15) is 16.7 Å². The highest BCUT2D eigenvalue weighted by atomic mass is 79.9. The smallest absolute Gasteiger partial charge is 0.244 e. The number of rotatable bonds is 7. The van der Waals surface area contributed by atoms with Crippen LogP contribution < -0.4 is 10.2 Å². The highest BCUT2D eigenvalue weighted by molar-refractivity contribution is 9.10. The molecular weight excluding hydrogens is 440 g/mol. The van der Waals surface area contributed by atoms with Crippen LogP contribution in [0.3, 0.4) is 0 Å². The van der Waals surface area contributed by atoms with Crippen molar-refractivity contribution >= 4 is 39.7 Å². The molecule has 6 heteroatoms. The number of hydrogen-bond donors (Lipinski definition) is 1. The van der Waals surface area contributed by atoms with Crippen molar-refractivity contribution in [2.24, 2.45) is 5.10 Å². The van der Waals surface area contributed by atoms with Crippen LogP contribution >= 0.6 is 27.5 Å². The van der Waals surface area contributed by atoms with Crippen molar-refractivity contribution in [1.82, 2.24) is 5.43 Å². The molecular formula is C22H18BrClN2O2. The quantitative estimate of drug-likeness (QED) is 0.383. The predicted octanol–water partition coefficient (Wildman–Crippen LogP) is 5.37. The molecule has 28 heavy (non-hydrogen) atoms. The van der Waals surface area contributed by atoms with Crippen LogP contribution in [0.25, 0.3) is 0 Å². The van der Waals surface area contributed by atoms with Crippen LogP contribution in [0.5, 0.6) is 5.75 Å². The van der Waals surface area contributed by atoms with E-state index in [1.54, 1.807) is 18.3 Å². The van der Waals surface area contributed by atoms with Crippen LogP contribution in [-0.4, -0.2) is 12.1 Å². The normalized spacial score (nSPS) is 10.8. The molecule has 3 aromatic carbocycles. The lowest BCUT2D eigenvalue weighted by atomic mass is 10.1. The zero-order valence-electron chi connectivity index (χ0n) is 14.9. The summed E-state index contributed by atoms with van der Waals surface area (Å²) in [5, 5.41) is 4.69. The van der Waals surface area contributed by atoms with Gasteiger partial charge in [-0.15, -0.1) is 0 Å². The largest absolute Gasteiger partial charge is 0.488 e. The molecule has 0 radical (unpaired) electrons. The van der Waals surface area contributed by atoms with Crippen molar-refractivity contribution < 1.29 is 9.53 Å². The summed E-state index contributed by atoms with van der Waals surface area (Å²) in [6.45, 7) is 0.445. The lowest BCUT2D eigenvalue weighted by Gasteiger charge is -2.09.